The molecule has 7 nitrogen and oxygen atoms in total. The lowest BCUT2D eigenvalue weighted by Gasteiger charge is -2.37. The third-order valence-corrected chi connectivity index (χ3v) is 7.14. The molecule has 2 fully saturated rings. The quantitative estimate of drug-likeness (QED) is 0.558. The van der Waals surface area contributed by atoms with Crippen LogP contribution >= 0.6 is 0 Å². The second kappa shape index (κ2) is 9.91. The van der Waals surface area contributed by atoms with Crippen LogP contribution in [0.25, 0.3) is 0 Å². The van der Waals surface area contributed by atoms with E-state index in [1.807, 2.05) is 12.1 Å². The fraction of sp³-hybridized carbons (Fsp3) is 0.462. The van der Waals surface area contributed by atoms with Crippen molar-refractivity contribution >= 4 is 17.5 Å². The topological polar surface area (TPSA) is 96.9 Å². The average molecular weight is 487 g/mol. The largest absolute Gasteiger partial charge is 0.487 e. The molecule has 2 amide bonds. The first-order chi connectivity index (χ1) is 16.9. The zero-order chi connectivity index (χ0) is 24.5. The van der Waals surface area contributed by atoms with Crippen LogP contribution in [-0.4, -0.2) is 41.8 Å². The van der Waals surface area contributed by atoms with Crippen LogP contribution in [0.15, 0.2) is 36.4 Å². The van der Waals surface area contributed by atoms with Gasteiger partial charge in [0.2, 0.25) is 11.8 Å². The molecule has 3 aliphatic rings. The Hall–Kier alpha value is -3.04. The standard InChI is InChI=1S/C26H28F2N2O5/c27-16-4-6-21(28)15(8-16)12-29-24(32)11-18-10-20-19-9-17(30-26(33)14-2-1-3-14)5-7-22(19)35-25(20)23(13-31)34-18/h4-9,14,18,20,23,25,31H,1-3,10-13H2,(H,29,32)(H,30,33)/t18-,20+,23-,25-/m1/s1. The summed E-state index contributed by atoms with van der Waals surface area (Å²) in [5, 5.41) is 15.5. The smallest absolute Gasteiger partial charge is 0.227 e. The zero-order valence-corrected chi connectivity index (χ0v) is 19.1. The van der Waals surface area contributed by atoms with E-state index in [0.29, 0.717) is 17.9 Å². The fourth-order valence-electron chi connectivity index (χ4n) is 5.03. The lowest BCUT2D eigenvalue weighted by atomic mass is 9.83. The number of hydrogen-bond donors (Lipinski definition) is 3. The monoisotopic (exact) mass is 486 g/mol. The summed E-state index contributed by atoms with van der Waals surface area (Å²) in [4.78, 5) is 24.9. The van der Waals surface area contributed by atoms with E-state index < -0.39 is 29.9 Å². The number of rotatable bonds is 7. The molecular formula is C26H28F2N2O5. The maximum atomic E-state index is 13.8. The van der Waals surface area contributed by atoms with Crippen molar-refractivity contribution in [3.05, 3.63) is 59.2 Å². The zero-order valence-electron chi connectivity index (χ0n) is 19.1. The first kappa shape index (κ1) is 23.7. The summed E-state index contributed by atoms with van der Waals surface area (Å²) in [5.74, 6) is -0.885. The SMILES string of the molecule is O=C(C[C@H]1C[C@H]2c3cc(NC(=O)C4CCC4)ccc3O[C@H]2[C@@H](CO)O1)NCc1cc(F)ccc1F. The molecule has 1 saturated carbocycles. The van der Waals surface area contributed by atoms with Gasteiger partial charge in [-0.3, -0.25) is 9.59 Å². The number of amides is 2. The van der Waals surface area contributed by atoms with Gasteiger partial charge < -0.3 is 25.2 Å². The molecule has 0 aromatic heterocycles. The maximum absolute atomic E-state index is 13.8. The highest BCUT2D eigenvalue weighted by atomic mass is 19.1. The normalized spacial score (nSPS) is 25.1. The number of benzene rings is 2. The van der Waals surface area contributed by atoms with E-state index >= 15 is 0 Å². The fourth-order valence-corrected chi connectivity index (χ4v) is 5.03. The number of anilines is 1. The van der Waals surface area contributed by atoms with Gasteiger partial charge in [-0.15, -0.1) is 0 Å². The molecule has 0 radical (unpaired) electrons. The third-order valence-electron chi connectivity index (χ3n) is 7.14. The minimum Gasteiger partial charge on any atom is -0.487 e. The van der Waals surface area contributed by atoms with E-state index in [1.54, 1.807) is 6.07 Å². The van der Waals surface area contributed by atoms with Gasteiger partial charge in [-0.2, -0.15) is 0 Å². The number of ether oxygens (including phenoxy) is 2. The summed E-state index contributed by atoms with van der Waals surface area (Å²) in [5.41, 5.74) is 1.67. The lowest BCUT2D eigenvalue weighted by Crippen LogP contribution is -2.47. The maximum Gasteiger partial charge on any atom is 0.227 e. The van der Waals surface area contributed by atoms with Crippen LogP contribution in [0.1, 0.15) is 49.1 Å². The first-order valence-corrected chi connectivity index (χ1v) is 12.0. The molecule has 9 heteroatoms. The number of carbonyl (C=O) groups is 2. The second-order valence-electron chi connectivity index (χ2n) is 9.49. The summed E-state index contributed by atoms with van der Waals surface area (Å²) in [6.07, 6.45) is 1.88. The van der Waals surface area contributed by atoms with Gasteiger partial charge in [0.15, 0.2) is 0 Å². The number of aliphatic hydroxyl groups is 1. The summed E-state index contributed by atoms with van der Waals surface area (Å²) in [6.45, 7) is -0.409. The molecule has 186 valence electrons. The number of aliphatic hydroxyl groups excluding tert-OH is 1. The molecule has 2 heterocycles. The van der Waals surface area contributed by atoms with E-state index in [9.17, 15) is 23.5 Å². The minimum absolute atomic E-state index is 0.00406. The predicted octanol–water partition coefficient (Wildman–Crippen LogP) is 3.40. The summed E-state index contributed by atoms with van der Waals surface area (Å²) < 4.78 is 39.2. The van der Waals surface area contributed by atoms with E-state index in [0.717, 1.165) is 43.0 Å². The second-order valence-corrected chi connectivity index (χ2v) is 9.49. The highest BCUT2D eigenvalue weighted by molar-refractivity contribution is 5.93. The molecule has 5 rings (SSSR count). The minimum atomic E-state index is -0.618. The first-order valence-electron chi connectivity index (χ1n) is 12.0. The molecule has 1 saturated heterocycles. The highest BCUT2D eigenvalue weighted by Gasteiger charge is 2.46. The number of hydrogen-bond acceptors (Lipinski definition) is 5. The molecule has 0 unspecified atom stereocenters. The predicted molar refractivity (Wildman–Crippen MR) is 123 cm³/mol. The molecule has 3 N–H and O–H groups in total. The van der Waals surface area contributed by atoms with Crippen LogP contribution < -0.4 is 15.4 Å². The molecule has 2 aromatic carbocycles. The van der Waals surface area contributed by atoms with Gasteiger partial charge in [0.1, 0.15) is 29.6 Å². The summed E-state index contributed by atoms with van der Waals surface area (Å²) in [6, 6.07) is 8.61. The van der Waals surface area contributed by atoms with Crippen LogP contribution in [0.2, 0.25) is 0 Å². The molecule has 4 atom stereocenters. The molecule has 0 bridgehead atoms. The number of nitrogens with one attached hydrogen (secondary N) is 2. The van der Waals surface area contributed by atoms with Crippen molar-refractivity contribution in [3.8, 4) is 5.75 Å². The highest BCUT2D eigenvalue weighted by Crippen LogP contribution is 2.47. The van der Waals surface area contributed by atoms with Crippen molar-refractivity contribution in [2.24, 2.45) is 5.92 Å². The van der Waals surface area contributed by atoms with Gasteiger partial charge >= 0.3 is 0 Å². The molecule has 2 aromatic rings. The number of halogens is 2. The van der Waals surface area contributed by atoms with Crippen molar-refractivity contribution in [2.75, 3.05) is 11.9 Å². The van der Waals surface area contributed by atoms with Crippen LogP contribution in [0, 0.1) is 17.6 Å². The molecule has 2 aliphatic heterocycles. The Morgan fingerprint density at radius 3 is 2.69 bits per heavy atom. The van der Waals surface area contributed by atoms with Crippen molar-refractivity contribution in [2.45, 2.75) is 62.9 Å². The Labute approximate surface area is 201 Å². The molecule has 0 spiro atoms. The van der Waals surface area contributed by atoms with Gasteiger partial charge in [-0.25, -0.2) is 8.78 Å². The summed E-state index contributed by atoms with van der Waals surface area (Å²) in [7, 11) is 0. The van der Waals surface area contributed by atoms with E-state index in [4.69, 9.17) is 9.47 Å². The lowest BCUT2D eigenvalue weighted by molar-refractivity contribution is -0.142. The Morgan fingerprint density at radius 2 is 1.94 bits per heavy atom. The Morgan fingerprint density at radius 1 is 1.11 bits per heavy atom. The molecule has 35 heavy (non-hydrogen) atoms. The van der Waals surface area contributed by atoms with Gasteiger partial charge in [-0.1, -0.05) is 6.42 Å². The molecule has 1 aliphatic carbocycles. The van der Waals surface area contributed by atoms with E-state index in [-0.39, 0.29) is 48.8 Å². The van der Waals surface area contributed by atoms with Crippen molar-refractivity contribution in [3.63, 3.8) is 0 Å². The number of fused-ring (bicyclic) bond motifs is 3. The molecular weight excluding hydrogens is 458 g/mol. The van der Waals surface area contributed by atoms with Crippen LogP contribution in [0.5, 0.6) is 5.75 Å². The van der Waals surface area contributed by atoms with Crippen LogP contribution in [-0.2, 0) is 20.9 Å². The van der Waals surface area contributed by atoms with Crippen molar-refractivity contribution in [1.82, 2.24) is 5.32 Å². The van der Waals surface area contributed by atoms with Crippen LogP contribution in [0.4, 0.5) is 14.5 Å². The van der Waals surface area contributed by atoms with Crippen molar-refractivity contribution in [1.29, 1.82) is 0 Å². The Balaban J connectivity index is 1.24. The van der Waals surface area contributed by atoms with E-state index in [2.05, 4.69) is 10.6 Å². The van der Waals surface area contributed by atoms with E-state index in [1.165, 1.54) is 0 Å². The summed E-state index contributed by atoms with van der Waals surface area (Å²) >= 11 is 0. The van der Waals surface area contributed by atoms with Crippen LogP contribution in [0.3, 0.4) is 0 Å². The van der Waals surface area contributed by atoms with Gasteiger partial charge in [0.25, 0.3) is 0 Å². The van der Waals surface area contributed by atoms with Gasteiger partial charge in [0, 0.05) is 35.2 Å². The Bertz CT molecular complexity index is 1120. The van der Waals surface area contributed by atoms with Gasteiger partial charge in [-0.05, 0) is 55.7 Å². The van der Waals surface area contributed by atoms with Gasteiger partial charge in [0.05, 0.1) is 19.1 Å². The average Bonchev–Trinajstić information content (AvgIpc) is 3.16. The number of carbonyl (C=O) groups excluding carboxylic acids is 2. The third kappa shape index (κ3) is 5.01. The Kier molecular flexibility index (Phi) is 6.71. The van der Waals surface area contributed by atoms with Crippen molar-refractivity contribution < 1.29 is 33.0 Å².